The van der Waals surface area contributed by atoms with Crippen molar-refractivity contribution in [1.29, 1.82) is 0 Å². The van der Waals surface area contributed by atoms with Crippen LogP contribution in [0.3, 0.4) is 0 Å². The van der Waals surface area contributed by atoms with Crippen LogP contribution in [-0.4, -0.2) is 22.5 Å². The van der Waals surface area contributed by atoms with Gasteiger partial charge in [0.25, 0.3) is 5.91 Å². The topological polar surface area (TPSA) is 84.1 Å². The van der Waals surface area contributed by atoms with Crippen LogP contribution < -0.4 is 15.5 Å². The second-order valence-electron chi connectivity index (χ2n) is 4.90. The zero-order valence-electron chi connectivity index (χ0n) is 12.7. The smallest absolute Gasteiger partial charge is 0.273 e. The van der Waals surface area contributed by atoms with Crippen LogP contribution in [0.5, 0.6) is 5.75 Å². The van der Waals surface area contributed by atoms with Gasteiger partial charge in [-0.2, -0.15) is 0 Å². The summed E-state index contributed by atoms with van der Waals surface area (Å²) in [5.41, 5.74) is 1.74. The first-order valence-electron chi connectivity index (χ1n) is 7.11. The number of ether oxygens (including phenoxy) is 1. The minimum Gasteiger partial charge on any atom is -0.488 e. The van der Waals surface area contributed by atoms with Crippen LogP contribution in [0.25, 0.3) is 10.2 Å². The number of aromatic amines is 1. The van der Waals surface area contributed by atoms with E-state index < -0.39 is 5.91 Å². The summed E-state index contributed by atoms with van der Waals surface area (Å²) >= 11 is 1.39. The van der Waals surface area contributed by atoms with Crippen LogP contribution in [0.15, 0.2) is 35.3 Å². The molecule has 0 unspecified atom stereocenters. The van der Waals surface area contributed by atoms with Crippen molar-refractivity contribution in [3.05, 3.63) is 51.9 Å². The number of pyridine rings is 1. The lowest BCUT2D eigenvalue weighted by molar-refractivity contribution is 0.102. The number of benzene rings is 1. The number of thiazole rings is 1. The number of rotatable bonds is 4. The highest BCUT2D eigenvalue weighted by molar-refractivity contribution is 7.22. The number of nitrogens with zero attached hydrogens (tertiary/aromatic N) is 1. The summed E-state index contributed by atoms with van der Waals surface area (Å²) in [5.74, 6) is -0.221. The van der Waals surface area contributed by atoms with Gasteiger partial charge < -0.3 is 9.72 Å². The normalized spacial score (nSPS) is 10.7. The Kier molecular flexibility index (Phi) is 4.12. The maximum atomic E-state index is 12.2. The SMILES string of the molecule is CCOc1c[nH]c(C(=O)Nc2nc3c(C)cccc3s2)cc1=O. The van der Waals surface area contributed by atoms with Crippen LogP contribution in [-0.2, 0) is 0 Å². The second-order valence-corrected chi connectivity index (χ2v) is 5.93. The first-order chi connectivity index (χ1) is 11.1. The Hall–Kier alpha value is -2.67. The lowest BCUT2D eigenvalue weighted by atomic mass is 10.2. The molecule has 7 heteroatoms. The van der Waals surface area contributed by atoms with Crippen LogP contribution in [0.2, 0.25) is 0 Å². The molecule has 3 aromatic rings. The Morgan fingerprint density at radius 1 is 1.43 bits per heavy atom. The maximum Gasteiger partial charge on any atom is 0.273 e. The quantitative estimate of drug-likeness (QED) is 0.771. The Bertz CT molecular complexity index is 930. The lowest BCUT2D eigenvalue weighted by Gasteiger charge is -2.04. The third kappa shape index (κ3) is 3.09. The molecule has 0 radical (unpaired) electrons. The van der Waals surface area contributed by atoms with E-state index in [2.05, 4.69) is 15.3 Å². The molecule has 118 valence electrons. The number of para-hydroxylation sites is 1. The molecule has 0 aliphatic carbocycles. The molecular weight excluding hydrogens is 314 g/mol. The van der Waals surface area contributed by atoms with Gasteiger partial charge in [0.15, 0.2) is 10.9 Å². The number of aromatic nitrogens is 2. The van der Waals surface area contributed by atoms with Crippen LogP contribution in [0, 0.1) is 6.92 Å². The van der Waals surface area contributed by atoms with E-state index in [1.165, 1.54) is 23.6 Å². The summed E-state index contributed by atoms with van der Waals surface area (Å²) in [4.78, 5) is 31.3. The van der Waals surface area contributed by atoms with Gasteiger partial charge in [-0.1, -0.05) is 23.5 Å². The molecule has 0 bridgehead atoms. The minimum absolute atomic E-state index is 0.162. The highest BCUT2D eigenvalue weighted by atomic mass is 32.1. The standard InChI is InChI=1S/C16H15N3O3S/c1-3-22-12-8-17-10(7-11(12)20)15(21)19-16-18-14-9(2)5-4-6-13(14)23-16/h4-8H,3H2,1-2H3,(H,17,20)(H,18,19,21). The highest BCUT2D eigenvalue weighted by Gasteiger charge is 2.13. The molecule has 3 rings (SSSR count). The van der Waals surface area contributed by atoms with E-state index in [1.807, 2.05) is 25.1 Å². The van der Waals surface area contributed by atoms with Gasteiger partial charge in [-0.05, 0) is 25.5 Å². The Morgan fingerprint density at radius 3 is 2.96 bits per heavy atom. The number of carbonyl (C=O) groups is 1. The molecule has 23 heavy (non-hydrogen) atoms. The third-order valence-corrected chi connectivity index (χ3v) is 4.20. The molecular formula is C16H15N3O3S. The van der Waals surface area contributed by atoms with Crippen molar-refractivity contribution in [3.8, 4) is 5.75 Å². The Balaban J connectivity index is 1.84. The molecule has 2 aromatic heterocycles. The Labute approximate surface area is 136 Å². The maximum absolute atomic E-state index is 12.2. The average Bonchev–Trinajstić information content (AvgIpc) is 2.93. The molecule has 6 nitrogen and oxygen atoms in total. The van der Waals surface area contributed by atoms with Gasteiger partial charge in [0.2, 0.25) is 5.43 Å². The predicted octanol–water partition coefficient (Wildman–Crippen LogP) is 2.94. The fourth-order valence-corrected chi connectivity index (χ4v) is 3.10. The van der Waals surface area contributed by atoms with Gasteiger partial charge in [-0.3, -0.25) is 14.9 Å². The van der Waals surface area contributed by atoms with Crippen molar-refractivity contribution < 1.29 is 9.53 Å². The van der Waals surface area contributed by atoms with Gasteiger partial charge in [0.1, 0.15) is 5.69 Å². The van der Waals surface area contributed by atoms with E-state index in [9.17, 15) is 9.59 Å². The summed E-state index contributed by atoms with van der Waals surface area (Å²) in [6.45, 7) is 4.15. The molecule has 1 aromatic carbocycles. The zero-order chi connectivity index (χ0) is 16.4. The average molecular weight is 329 g/mol. The van der Waals surface area contributed by atoms with Gasteiger partial charge in [0, 0.05) is 12.3 Å². The minimum atomic E-state index is -0.415. The summed E-state index contributed by atoms with van der Waals surface area (Å²) < 4.78 is 6.16. The molecule has 0 aliphatic heterocycles. The molecule has 0 aliphatic rings. The van der Waals surface area contributed by atoms with Crippen LogP contribution >= 0.6 is 11.3 Å². The number of amides is 1. The number of carbonyl (C=O) groups excluding carboxylic acids is 1. The number of anilines is 1. The van der Waals surface area contributed by atoms with Gasteiger partial charge in [0.05, 0.1) is 16.8 Å². The van der Waals surface area contributed by atoms with Crippen molar-refractivity contribution in [2.24, 2.45) is 0 Å². The number of hydrogen-bond acceptors (Lipinski definition) is 5. The van der Waals surface area contributed by atoms with Crippen LogP contribution in [0.4, 0.5) is 5.13 Å². The third-order valence-electron chi connectivity index (χ3n) is 3.26. The van der Waals surface area contributed by atoms with E-state index >= 15 is 0 Å². The van der Waals surface area contributed by atoms with Gasteiger partial charge in [-0.15, -0.1) is 0 Å². The number of aryl methyl sites for hydroxylation is 1. The predicted molar refractivity (Wildman–Crippen MR) is 90.5 cm³/mol. The molecule has 0 atom stereocenters. The molecule has 0 saturated carbocycles. The number of nitrogens with one attached hydrogen (secondary N) is 2. The monoisotopic (exact) mass is 329 g/mol. The van der Waals surface area contributed by atoms with E-state index in [0.29, 0.717) is 11.7 Å². The number of hydrogen-bond donors (Lipinski definition) is 2. The highest BCUT2D eigenvalue weighted by Crippen LogP contribution is 2.28. The summed E-state index contributed by atoms with van der Waals surface area (Å²) in [6.07, 6.45) is 1.39. The molecule has 0 fully saturated rings. The largest absolute Gasteiger partial charge is 0.488 e. The summed E-state index contributed by atoms with van der Waals surface area (Å²) in [5, 5.41) is 3.21. The molecule has 0 saturated heterocycles. The van der Waals surface area contributed by atoms with E-state index in [0.717, 1.165) is 15.8 Å². The van der Waals surface area contributed by atoms with Crippen molar-refractivity contribution in [3.63, 3.8) is 0 Å². The van der Waals surface area contributed by atoms with Crippen molar-refractivity contribution in [2.45, 2.75) is 13.8 Å². The molecule has 2 heterocycles. The van der Waals surface area contributed by atoms with E-state index in [-0.39, 0.29) is 16.9 Å². The van der Waals surface area contributed by atoms with Crippen molar-refractivity contribution >= 4 is 32.6 Å². The Morgan fingerprint density at radius 2 is 2.26 bits per heavy atom. The summed E-state index contributed by atoms with van der Waals surface area (Å²) in [7, 11) is 0. The lowest BCUT2D eigenvalue weighted by Crippen LogP contribution is -2.17. The van der Waals surface area contributed by atoms with Crippen molar-refractivity contribution in [2.75, 3.05) is 11.9 Å². The van der Waals surface area contributed by atoms with Gasteiger partial charge >= 0.3 is 0 Å². The first kappa shape index (κ1) is 15.2. The number of H-pyrrole nitrogens is 1. The molecule has 0 spiro atoms. The fourth-order valence-electron chi connectivity index (χ4n) is 2.16. The summed E-state index contributed by atoms with van der Waals surface area (Å²) in [6, 6.07) is 7.09. The first-order valence-corrected chi connectivity index (χ1v) is 7.93. The number of fused-ring (bicyclic) bond motifs is 1. The van der Waals surface area contributed by atoms with Gasteiger partial charge in [-0.25, -0.2) is 4.98 Å². The van der Waals surface area contributed by atoms with Crippen molar-refractivity contribution in [1.82, 2.24) is 9.97 Å². The fraction of sp³-hybridized carbons (Fsp3) is 0.188. The van der Waals surface area contributed by atoms with E-state index in [1.54, 1.807) is 6.92 Å². The zero-order valence-corrected chi connectivity index (χ0v) is 13.5. The van der Waals surface area contributed by atoms with Crippen LogP contribution in [0.1, 0.15) is 23.0 Å². The van der Waals surface area contributed by atoms with E-state index in [4.69, 9.17) is 4.74 Å². The second kappa shape index (κ2) is 6.21. The molecule has 2 N–H and O–H groups in total. The molecule has 1 amide bonds.